The second kappa shape index (κ2) is 10.5. The fourth-order valence-corrected chi connectivity index (χ4v) is 4.93. The molecule has 1 aliphatic rings. The number of ether oxygens (including phenoxy) is 1. The molecule has 162 valence electrons. The SMILES string of the molecule is CCOC(=O)c1cncnc1NCCc1ccc(S(=O)(=O)N2CCCCCC2)cc1. The molecule has 0 radical (unpaired) electrons. The highest BCUT2D eigenvalue weighted by molar-refractivity contribution is 7.89. The lowest BCUT2D eigenvalue weighted by atomic mass is 10.1. The van der Waals surface area contributed by atoms with E-state index in [1.807, 2.05) is 12.1 Å². The van der Waals surface area contributed by atoms with E-state index in [0.29, 0.717) is 42.3 Å². The smallest absolute Gasteiger partial charge is 0.343 e. The van der Waals surface area contributed by atoms with Gasteiger partial charge in [0.2, 0.25) is 10.0 Å². The first-order valence-corrected chi connectivity index (χ1v) is 11.8. The predicted octanol–water partition coefficient (Wildman–Crippen LogP) is 2.87. The van der Waals surface area contributed by atoms with Crippen molar-refractivity contribution in [3.05, 3.63) is 47.9 Å². The lowest BCUT2D eigenvalue weighted by Gasteiger charge is -2.20. The number of aromatic nitrogens is 2. The van der Waals surface area contributed by atoms with Gasteiger partial charge < -0.3 is 10.1 Å². The van der Waals surface area contributed by atoms with Crippen molar-refractivity contribution < 1.29 is 17.9 Å². The first kappa shape index (κ1) is 22.2. The third kappa shape index (κ3) is 5.54. The van der Waals surface area contributed by atoms with E-state index in [1.54, 1.807) is 23.4 Å². The van der Waals surface area contributed by atoms with Gasteiger partial charge in [0.1, 0.15) is 17.7 Å². The Labute approximate surface area is 177 Å². The summed E-state index contributed by atoms with van der Waals surface area (Å²) in [5, 5.41) is 3.13. The van der Waals surface area contributed by atoms with Crippen molar-refractivity contribution in [2.45, 2.75) is 43.9 Å². The van der Waals surface area contributed by atoms with Gasteiger partial charge in [-0.2, -0.15) is 4.31 Å². The number of carbonyl (C=O) groups is 1. The molecule has 1 aromatic carbocycles. The molecular weight excluding hydrogens is 404 g/mol. The summed E-state index contributed by atoms with van der Waals surface area (Å²) < 4.78 is 32.3. The van der Waals surface area contributed by atoms with Crippen molar-refractivity contribution in [2.24, 2.45) is 0 Å². The summed E-state index contributed by atoms with van der Waals surface area (Å²) in [6.07, 6.45) is 7.45. The van der Waals surface area contributed by atoms with E-state index in [4.69, 9.17) is 4.74 Å². The van der Waals surface area contributed by atoms with Crippen LogP contribution in [0.3, 0.4) is 0 Å². The molecule has 9 heteroatoms. The van der Waals surface area contributed by atoms with Crippen molar-refractivity contribution in [3.63, 3.8) is 0 Å². The topological polar surface area (TPSA) is 101 Å². The van der Waals surface area contributed by atoms with Crippen LogP contribution in [0.5, 0.6) is 0 Å². The van der Waals surface area contributed by atoms with Crippen molar-refractivity contribution >= 4 is 21.8 Å². The molecule has 2 aromatic rings. The van der Waals surface area contributed by atoms with E-state index in [0.717, 1.165) is 31.2 Å². The third-order valence-electron chi connectivity index (χ3n) is 5.04. The Morgan fingerprint density at radius 2 is 1.83 bits per heavy atom. The number of hydrogen-bond acceptors (Lipinski definition) is 7. The van der Waals surface area contributed by atoms with Gasteiger partial charge in [-0.05, 0) is 43.9 Å². The minimum absolute atomic E-state index is 0.278. The van der Waals surface area contributed by atoms with Gasteiger partial charge >= 0.3 is 5.97 Å². The number of nitrogens with one attached hydrogen (secondary N) is 1. The van der Waals surface area contributed by atoms with Crippen LogP contribution in [0.2, 0.25) is 0 Å². The van der Waals surface area contributed by atoms with Crippen LogP contribution in [0, 0.1) is 0 Å². The highest BCUT2D eigenvalue weighted by Crippen LogP contribution is 2.21. The van der Waals surface area contributed by atoms with E-state index in [2.05, 4.69) is 15.3 Å². The van der Waals surface area contributed by atoms with Gasteiger partial charge in [-0.15, -0.1) is 0 Å². The van der Waals surface area contributed by atoms with E-state index >= 15 is 0 Å². The predicted molar refractivity (Wildman–Crippen MR) is 114 cm³/mol. The van der Waals surface area contributed by atoms with Crippen molar-refractivity contribution in [1.29, 1.82) is 0 Å². The maximum atomic E-state index is 12.9. The van der Waals surface area contributed by atoms with Crippen LogP contribution in [0.25, 0.3) is 0 Å². The first-order valence-electron chi connectivity index (χ1n) is 10.3. The molecule has 0 atom stereocenters. The highest BCUT2D eigenvalue weighted by Gasteiger charge is 2.24. The fourth-order valence-electron chi connectivity index (χ4n) is 3.41. The molecular formula is C21H28N4O4S. The molecule has 3 rings (SSSR count). The number of rotatable bonds is 8. The zero-order valence-electron chi connectivity index (χ0n) is 17.2. The summed E-state index contributed by atoms with van der Waals surface area (Å²) in [7, 11) is -3.44. The number of carbonyl (C=O) groups excluding carboxylic acids is 1. The maximum Gasteiger partial charge on any atom is 0.343 e. The molecule has 1 aromatic heterocycles. The van der Waals surface area contributed by atoms with E-state index in [9.17, 15) is 13.2 Å². The summed E-state index contributed by atoms with van der Waals surface area (Å²) in [4.78, 5) is 20.3. The first-order chi connectivity index (χ1) is 14.5. The lowest BCUT2D eigenvalue weighted by Crippen LogP contribution is -2.31. The molecule has 1 N–H and O–H groups in total. The summed E-state index contributed by atoms with van der Waals surface area (Å²) in [6, 6.07) is 7.01. The van der Waals surface area contributed by atoms with Crippen LogP contribution in [-0.2, 0) is 21.2 Å². The lowest BCUT2D eigenvalue weighted by molar-refractivity contribution is 0.0526. The molecule has 2 heterocycles. The largest absolute Gasteiger partial charge is 0.462 e. The van der Waals surface area contributed by atoms with Crippen LogP contribution in [0.15, 0.2) is 41.7 Å². The summed E-state index contributed by atoms with van der Waals surface area (Å²) in [5.41, 5.74) is 1.28. The third-order valence-corrected chi connectivity index (χ3v) is 6.95. The van der Waals surface area contributed by atoms with Gasteiger partial charge in [-0.25, -0.2) is 23.2 Å². The summed E-state index contributed by atoms with van der Waals surface area (Å²) in [6.45, 7) is 3.73. The second-order valence-electron chi connectivity index (χ2n) is 7.14. The van der Waals surface area contributed by atoms with E-state index in [1.165, 1.54) is 12.5 Å². The Bertz CT molecular complexity index is 940. The Balaban J connectivity index is 1.60. The Morgan fingerprint density at radius 1 is 1.13 bits per heavy atom. The Morgan fingerprint density at radius 3 is 2.50 bits per heavy atom. The van der Waals surface area contributed by atoms with Crippen molar-refractivity contribution in [1.82, 2.24) is 14.3 Å². The highest BCUT2D eigenvalue weighted by atomic mass is 32.2. The fraction of sp³-hybridized carbons (Fsp3) is 0.476. The van der Waals surface area contributed by atoms with Gasteiger partial charge in [0, 0.05) is 25.8 Å². The maximum absolute atomic E-state index is 12.9. The molecule has 1 fully saturated rings. The van der Waals surface area contributed by atoms with Crippen LogP contribution in [0.4, 0.5) is 5.82 Å². The molecule has 0 spiro atoms. The summed E-state index contributed by atoms with van der Waals surface area (Å²) >= 11 is 0. The second-order valence-corrected chi connectivity index (χ2v) is 9.08. The number of nitrogens with zero attached hydrogens (tertiary/aromatic N) is 3. The zero-order chi connectivity index (χ0) is 21.4. The number of hydrogen-bond donors (Lipinski definition) is 1. The van der Waals surface area contributed by atoms with Gasteiger partial charge in [-0.1, -0.05) is 25.0 Å². The standard InChI is InChI=1S/C21H28N4O4S/c1-2-29-21(26)19-15-22-16-24-20(19)23-12-11-17-7-9-18(10-8-17)30(27,28)25-13-5-3-4-6-14-25/h7-10,15-16H,2-6,11-14H2,1H3,(H,22,23,24). The monoisotopic (exact) mass is 432 g/mol. The van der Waals surface area contributed by atoms with Crippen molar-refractivity contribution in [3.8, 4) is 0 Å². The molecule has 1 aliphatic heterocycles. The van der Waals surface area contributed by atoms with Crippen LogP contribution < -0.4 is 5.32 Å². The molecule has 0 unspecified atom stereocenters. The molecule has 30 heavy (non-hydrogen) atoms. The molecule has 1 saturated heterocycles. The average molecular weight is 433 g/mol. The number of esters is 1. The van der Waals surface area contributed by atoms with E-state index < -0.39 is 16.0 Å². The average Bonchev–Trinajstić information content (AvgIpc) is 3.05. The molecule has 0 aliphatic carbocycles. The van der Waals surface area contributed by atoms with Gasteiger partial charge in [0.15, 0.2) is 0 Å². The number of benzene rings is 1. The minimum atomic E-state index is -3.44. The molecule has 0 bridgehead atoms. The van der Waals surface area contributed by atoms with Crippen LogP contribution in [0.1, 0.15) is 48.5 Å². The molecule has 0 saturated carbocycles. The quantitative estimate of drug-likeness (QED) is 0.640. The zero-order valence-corrected chi connectivity index (χ0v) is 18.0. The number of sulfonamides is 1. The van der Waals surface area contributed by atoms with Gasteiger partial charge in [-0.3, -0.25) is 0 Å². The normalized spacial score (nSPS) is 15.4. The van der Waals surface area contributed by atoms with Crippen molar-refractivity contribution in [2.75, 3.05) is 31.6 Å². The summed E-state index contributed by atoms with van der Waals surface area (Å²) in [5.74, 6) is -0.0486. The minimum Gasteiger partial charge on any atom is -0.462 e. The molecule has 8 nitrogen and oxygen atoms in total. The van der Waals surface area contributed by atoms with E-state index in [-0.39, 0.29) is 6.61 Å². The number of anilines is 1. The Hall–Kier alpha value is -2.52. The van der Waals surface area contributed by atoms with Gasteiger partial charge in [0.05, 0.1) is 11.5 Å². The van der Waals surface area contributed by atoms with Gasteiger partial charge in [0.25, 0.3) is 0 Å². The molecule has 0 amide bonds. The Kier molecular flexibility index (Phi) is 7.75. The van der Waals surface area contributed by atoms with Crippen LogP contribution >= 0.6 is 0 Å². The van der Waals surface area contributed by atoms with Crippen LogP contribution in [-0.4, -0.2) is 54.9 Å².